The molecule has 3 saturated carbocycles. The van der Waals surface area contributed by atoms with Crippen LogP contribution in [0.5, 0.6) is 17.2 Å². The first-order chi connectivity index (χ1) is 32.5. The summed E-state index contributed by atoms with van der Waals surface area (Å²) in [7, 11) is 2.40. The fourth-order valence-corrected chi connectivity index (χ4v) is 10.3. The molecule has 0 aromatic heterocycles. The SMILES string of the molecule is COc1c(F)cc(C(NC(=O)N2CCN(CC(=O)OCc3ccccc3)C(=O)C2=O)C(=O)NC(Cc2ccc(F)c(C(=O)OC(C)(C)C)c2OC)B2O[C@@H]3C[C@@H]4C[C@@H](C4(C)C)[C@]3(C)O2)c(Cl)c1OC. The van der Waals surface area contributed by atoms with E-state index in [2.05, 4.69) is 24.5 Å². The molecule has 3 aliphatic carbocycles. The van der Waals surface area contributed by atoms with Crippen molar-refractivity contribution in [1.82, 2.24) is 20.4 Å². The number of halogens is 3. The molecular formula is C48H56BClF2N4O13. The lowest BCUT2D eigenvalue weighted by Crippen LogP contribution is -2.65. The van der Waals surface area contributed by atoms with Crippen molar-refractivity contribution in [1.29, 1.82) is 0 Å². The van der Waals surface area contributed by atoms with Gasteiger partial charge in [0.15, 0.2) is 17.3 Å². The lowest BCUT2D eigenvalue weighted by Gasteiger charge is -2.64. The zero-order chi connectivity index (χ0) is 50.3. The maximum atomic E-state index is 15.9. The molecule has 8 rings (SSSR count). The second-order valence-corrected chi connectivity index (χ2v) is 19.7. The summed E-state index contributed by atoms with van der Waals surface area (Å²) in [6, 6.07) is 8.90. The molecule has 2 unspecified atom stereocenters. The van der Waals surface area contributed by atoms with E-state index in [4.69, 9.17) is 44.6 Å². The second-order valence-electron chi connectivity index (χ2n) is 19.3. The second kappa shape index (κ2) is 19.8. The van der Waals surface area contributed by atoms with Crippen molar-refractivity contribution in [3.05, 3.63) is 87.4 Å². The molecule has 2 heterocycles. The third kappa shape index (κ3) is 10.1. The highest BCUT2D eigenvalue weighted by atomic mass is 35.5. The minimum atomic E-state index is -1.94. The van der Waals surface area contributed by atoms with Crippen LogP contribution in [0.25, 0.3) is 0 Å². The number of imide groups is 1. The molecular weight excluding hydrogens is 925 g/mol. The van der Waals surface area contributed by atoms with Crippen molar-refractivity contribution in [2.45, 2.75) is 96.7 Å². The number of ether oxygens (including phenoxy) is 5. The van der Waals surface area contributed by atoms with Crippen LogP contribution in [-0.2, 0) is 51.0 Å². The maximum Gasteiger partial charge on any atom is 0.482 e. The van der Waals surface area contributed by atoms with Gasteiger partial charge in [-0.2, -0.15) is 0 Å². The number of urea groups is 1. The summed E-state index contributed by atoms with van der Waals surface area (Å²) in [4.78, 5) is 83.7. The van der Waals surface area contributed by atoms with Gasteiger partial charge in [-0.1, -0.05) is 61.8 Å². The number of carbonyl (C=O) groups excluding carboxylic acids is 6. The van der Waals surface area contributed by atoms with Gasteiger partial charge >= 0.3 is 36.9 Å². The van der Waals surface area contributed by atoms with E-state index in [0.717, 1.165) is 23.5 Å². The normalized spacial score (nSPS) is 22.4. The number of hydrogen-bond donors (Lipinski definition) is 2. The number of hydrogen-bond acceptors (Lipinski definition) is 13. The molecule has 2 saturated heterocycles. The molecule has 370 valence electrons. The number of esters is 2. The molecule has 5 fully saturated rings. The molecule has 3 aromatic carbocycles. The largest absolute Gasteiger partial charge is 0.495 e. The van der Waals surface area contributed by atoms with E-state index in [9.17, 15) is 24.0 Å². The van der Waals surface area contributed by atoms with Crippen molar-refractivity contribution in [2.75, 3.05) is 41.0 Å². The molecule has 0 spiro atoms. The van der Waals surface area contributed by atoms with E-state index < -0.39 is 108 Å². The van der Waals surface area contributed by atoms with Gasteiger partial charge in [-0.05, 0) is 87.5 Å². The molecule has 69 heavy (non-hydrogen) atoms. The Bertz CT molecular complexity index is 2530. The van der Waals surface area contributed by atoms with Crippen LogP contribution in [0.15, 0.2) is 48.5 Å². The van der Waals surface area contributed by atoms with E-state index in [-0.39, 0.29) is 58.6 Å². The number of carbonyl (C=O) groups is 6. The van der Waals surface area contributed by atoms with Crippen LogP contribution in [0.4, 0.5) is 13.6 Å². The highest BCUT2D eigenvalue weighted by Crippen LogP contribution is 2.66. The molecule has 0 radical (unpaired) electrons. The summed E-state index contributed by atoms with van der Waals surface area (Å²) < 4.78 is 71.8. The van der Waals surface area contributed by atoms with Gasteiger partial charge in [0, 0.05) is 18.7 Å². The Morgan fingerprint density at radius 1 is 0.899 bits per heavy atom. The smallest absolute Gasteiger partial charge is 0.482 e. The fourth-order valence-electron chi connectivity index (χ4n) is 9.94. The average molecular weight is 981 g/mol. The zero-order valence-electron chi connectivity index (χ0n) is 39.9. The van der Waals surface area contributed by atoms with Gasteiger partial charge in [-0.15, -0.1) is 0 Å². The highest BCUT2D eigenvalue weighted by Gasteiger charge is 2.68. The molecule has 5 aliphatic rings. The van der Waals surface area contributed by atoms with E-state index >= 15 is 13.6 Å². The van der Waals surface area contributed by atoms with Gasteiger partial charge in [-0.3, -0.25) is 24.1 Å². The quantitative estimate of drug-likeness (QED) is 0.106. The molecule has 21 heteroatoms. The molecule has 17 nitrogen and oxygen atoms in total. The molecule has 2 aliphatic heterocycles. The van der Waals surface area contributed by atoms with Crippen LogP contribution < -0.4 is 24.8 Å². The highest BCUT2D eigenvalue weighted by molar-refractivity contribution is 6.48. The lowest BCUT2D eigenvalue weighted by molar-refractivity contribution is -0.199. The van der Waals surface area contributed by atoms with Gasteiger partial charge < -0.3 is 48.5 Å². The van der Waals surface area contributed by atoms with Crippen LogP contribution in [0.3, 0.4) is 0 Å². The first-order valence-electron chi connectivity index (χ1n) is 22.5. The van der Waals surface area contributed by atoms with E-state index in [0.29, 0.717) is 22.8 Å². The Hall–Kier alpha value is -5.99. The maximum absolute atomic E-state index is 15.9. The predicted molar refractivity (Wildman–Crippen MR) is 244 cm³/mol. The van der Waals surface area contributed by atoms with Crippen molar-refractivity contribution in [2.24, 2.45) is 17.3 Å². The summed E-state index contributed by atoms with van der Waals surface area (Å²) in [5.41, 5.74) is -1.80. The number of piperazine rings is 1. The summed E-state index contributed by atoms with van der Waals surface area (Å²) in [6.45, 7) is 9.82. The molecule has 5 amide bonds. The average Bonchev–Trinajstić information content (AvgIpc) is 3.66. The minimum absolute atomic E-state index is 0.0730. The van der Waals surface area contributed by atoms with Crippen LogP contribution >= 0.6 is 11.6 Å². The van der Waals surface area contributed by atoms with Crippen molar-refractivity contribution < 1.29 is 70.5 Å². The fraction of sp³-hybridized carbons (Fsp3) is 0.500. The number of nitrogens with one attached hydrogen (secondary N) is 2. The van der Waals surface area contributed by atoms with Crippen LogP contribution in [0.2, 0.25) is 5.02 Å². The standard InChI is InChI=1S/C48H56BClF2N4O13/c1-46(2,3)67-44(61)35-29(51)16-15-26(38(35)63-7)19-33(49-68-32-21-27-20-31(47(27,4)5)48(32,6)69-49)53-41(58)37(28-22-30(52)39(64-8)40(65-9)36(28)50)54-45(62)56-18-17-55(42(59)43(56)60)23-34(57)66-24-25-13-11-10-12-14-25/h10-16,22,27,31-33,37H,17-21,23-24H2,1-9H3,(H,53,58)(H,54,62)/t27-,31-,32+,33?,37?,48-/m0/s1. The third-order valence-corrected chi connectivity index (χ3v) is 14.0. The molecule has 2 N–H and O–H groups in total. The Kier molecular flexibility index (Phi) is 14.6. The van der Waals surface area contributed by atoms with Crippen LogP contribution in [0, 0.1) is 28.9 Å². The van der Waals surface area contributed by atoms with Gasteiger partial charge in [0.1, 0.15) is 41.9 Å². The monoisotopic (exact) mass is 980 g/mol. The zero-order valence-corrected chi connectivity index (χ0v) is 40.6. The van der Waals surface area contributed by atoms with Crippen molar-refractivity contribution >= 4 is 54.4 Å². The van der Waals surface area contributed by atoms with E-state index in [1.807, 2.05) is 6.92 Å². The molecule has 2 bridgehead atoms. The van der Waals surface area contributed by atoms with Gasteiger partial charge in [0.2, 0.25) is 5.91 Å². The first-order valence-corrected chi connectivity index (χ1v) is 22.8. The molecule has 3 aromatic rings. The Balaban J connectivity index is 1.21. The van der Waals surface area contributed by atoms with Crippen LogP contribution in [-0.4, -0.2) is 117 Å². The van der Waals surface area contributed by atoms with Crippen LogP contribution in [0.1, 0.15) is 87.5 Å². The predicted octanol–water partition coefficient (Wildman–Crippen LogP) is 5.76. The van der Waals surface area contributed by atoms with E-state index in [1.54, 1.807) is 51.1 Å². The summed E-state index contributed by atoms with van der Waals surface area (Å²) in [6.07, 6.45) is 0.925. The minimum Gasteiger partial charge on any atom is -0.495 e. The number of rotatable bonds is 15. The topological polar surface area (TPSA) is 198 Å². The summed E-state index contributed by atoms with van der Waals surface area (Å²) in [5, 5.41) is 4.97. The van der Waals surface area contributed by atoms with Gasteiger partial charge in [0.05, 0.1) is 44.0 Å². The summed E-state index contributed by atoms with van der Waals surface area (Å²) in [5.74, 6) is -9.04. The lowest BCUT2D eigenvalue weighted by atomic mass is 9.43. The van der Waals surface area contributed by atoms with Crippen molar-refractivity contribution in [3.63, 3.8) is 0 Å². The number of amides is 5. The number of methoxy groups -OCH3 is 3. The summed E-state index contributed by atoms with van der Waals surface area (Å²) >= 11 is 6.81. The Morgan fingerprint density at radius 3 is 2.22 bits per heavy atom. The third-order valence-electron chi connectivity index (χ3n) is 13.6. The Labute approximate surface area is 403 Å². The number of benzene rings is 3. The first kappa shape index (κ1) is 50.9. The number of nitrogens with zero attached hydrogens (tertiary/aromatic N) is 2. The van der Waals surface area contributed by atoms with Crippen molar-refractivity contribution in [3.8, 4) is 17.2 Å². The van der Waals surface area contributed by atoms with Gasteiger partial charge in [0.25, 0.3) is 0 Å². The van der Waals surface area contributed by atoms with Gasteiger partial charge in [-0.25, -0.2) is 18.4 Å². The molecule has 6 atom stereocenters. The van der Waals surface area contributed by atoms with E-state index in [1.165, 1.54) is 27.4 Å². The Morgan fingerprint density at radius 2 is 1.58 bits per heavy atom.